The Balaban J connectivity index is 1.96. The van der Waals surface area contributed by atoms with Gasteiger partial charge in [-0.15, -0.1) is 0 Å². The molecule has 0 spiro atoms. The summed E-state index contributed by atoms with van der Waals surface area (Å²) in [6.07, 6.45) is 4.16. The van der Waals surface area contributed by atoms with Crippen LogP contribution in [0.5, 0.6) is 5.75 Å². The zero-order valence-corrected chi connectivity index (χ0v) is 14.7. The quantitative estimate of drug-likeness (QED) is 0.695. The van der Waals surface area contributed by atoms with Crippen molar-refractivity contribution in [2.75, 3.05) is 25.7 Å². The van der Waals surface area contributed by atoms with Crippen LogP contribution < -0.4 is 15.4 Å². The van der Waals surface area contributed by atoms with E-state index < -0.39 is 0 Å². The summed E-state index contributed by atoms with van der Waals surface area (Å²) in [4.78, 5) is 0. The molecular formula is C18H20FN3OS. The molecule has 0 amide bonds. The fraction of sp³-hybridized carbons (Fsp3) is 0.222. The van der Waals surface area contributed by atoms with Crippen molar-refractivity contribution >= 4 is 34.2 Å². The third-order valence-corrected chi connectivity index (χ3v) is 4.57. The first-order valence-corrected chi connectivity index (χ1v) is 8.78. The molecular weight excluding hydrogens is 325 g/mol. The van der Waals surface area contributed by atoms with Crippen molar-refractivity contribution in [1.29, 1.82) is 0 Å². The number of aromatic nitrogens is 1. The van der Waals surface area contributed by atoms with Crippen molar-refractivity contribution in [3.05, 3.63) is 54.0 Å². The second kappa shape index (κ2) is 7.15. The highest BCUT2D eigenvalue weighted by atomic mass is 32.2. The molecule has 1 heterocycles. The van der Waals surface area contributed by atoms with E-state index in [2.05, 4.69) is 26.9 Å². The van der Waals surface area contributed by atoms with E-state index in [1.165, 1.54) is 24.1 Å². The maximum Gasteiger partial charge on any atom is 0.150 e. The van der Waals surface area contributed by atoms with Gasteiger partial charge in [0, 0.05) is 36.1 Å². The minimum atomic E-state index is -0.342. The highest BCUT2D eigenvalue weighted by molar-refractivity contribution is 7.97. The minimum Gasteiger partial charge on any atom is -0.497 e. The largest absolute Gasteiger partial charge is 0.497 e. The Morgan fingerprint density at radius 3 is 2.71 bits per heavy atom. The van der Waals surface area contributed by atoms with Crippen LogP contribution in [0.15, 0.2) is 42.6 Å². The van der Waals surface area contributed by atoms with Crippen LogP contribution >= 0.6 is 11.9 Å². The van der Waals surface area contributed by atoms with Gasteiger partial charge in [0.15, 0.2) is 0 Å². The molecule has 0 aliphatic carbocycles. The van der Waals surface area contributed by atoms with Gasteiger partial charge in [-0.1, -0.05) is 6.07 Å². The summed E-state index contributed by atoms with van der Waals surface area (Å²) in [6.45, 7) is 0.809. The normalized spacial score (nSPS) is 11.0. The standard InChI is InChI=1S/C18H20FN3OS/c1-20-10-12-11-22(24-3)18-8-13(4-6-15(12)18)21-17-7-5-14(23-2)9-16(17)19/h4-9,11,20-21H,10H2,1-3H3. The molecule has 24 heavy (non-hydrogen) atoms. The molecule has 3 rings (SSSR count). The molecule has 0 saturated heterocycles. The molecule has 2 N–H and O–H groups in total. The summed E-state index contributed by atoms with van der Waals surface area (Å²) in [5, 5.41) is 7.52. The van der Waals surface area contributed by atoms with Gasteiger partial charge < -0.3 is 15.4 Å². The van der Waals surface area contributed by atoms with E-state index >= 15 is 0 Å². The lowest BCUT2D eigenvalue weighted by Gasteiger charge is -2.10. The Hall–Kier alpha value is -2.18. The zero-order valence-electron chi connectivity index (χ0n) is 13.9. The fourth-order valence-corrected chi connectivity index (χ4v) is 3.29. The molecule has 126 valence electrons. The van der Waals surface area contributed by atoms with Crippen molar-refractivity contribution in [3.8, 4) is 5.75 Å². The van der Waals surface area contributed by atoms with Crippen molar-refractivity contribution in [3.63, 3.8) is 0 Å². The average Bonchev–Trinajstić information content (AvgIpc) is 2.94. The summed E-state index contributed by atoms with van der Waals surface area (Å²) in [5.41, 5.74) is 3.61. The highest BCUT2D eigenvalue weighted by Gasteiger charge is 2.10. The van der Waals surface area contributed by atoms with Gasteiger partial charge in [-0.25, -0.2) is 4.39 Å². The van der Waals surface area contributed by atoms with Crippen LogP contribution in [-0.4, -0.2) is 24.4 Å². The molecule has 0 bridgehead atoms. The molecule has 0 aliphatic rings. The summed E-state index contributed by atoms with van der Waals surface area (Å²) in [7, 11) is 3.46. The Morgan fingerprint density at radius 1 is 1.21 bits per heavy atom. The lowest BCUT2D eigenvalue weighted by atomic mass is 10.1. The molecule has 3 aromatic rings. The first-order valence-electron chi connectivity index (χ1n) is 7.60. The lowest BCUT2D eigenvalue weighted by molar-refractivity contribution is 0.411. The molecule has 2 aromatic carbocycles. The number of hydrogen-bond acceptors (Lipinski definition) is 4. The third kappa shape index (κ3) is 3.20. The van der Waals surface area contributed by atoms with Crippen LogP contribution in [0.4, 0.5) is 15.8 Å². The van der Waals surface area contributed by atoms with Crippen molar-refractivity contribution in [2.45, 2.75) is 6.54 Å². The van der Waals surface area contributed by atoms with Crippen molar-refractivity contribution < 1.29 is 9.13 Å². The average molecular weight is 345 g/mol. The molecule has 0 saturated carbocycles. The number of nitrogens with zero attached hydrogens (tertiary/aromatic N) is 1. The number of halogens is 1. The predicted octanol–water partition coefficient (Wildman–Crippen LogP) is 4.38. The van der Waals surface area contributed by atoms with E-state index in [1.54, 1.807) is 24.1 Å². The topological polar surface area (TPSA) is 38.2 Å². The molecule has 0 atom stereocenters. The van der Waals surface area contributed by atoms with E-state index in [1.807, 2.05) is 25.4 Å². The third-order valence-electron chi connectivity index (χ3n) is 3.87. The van der Waals surface area contributed by atoms with E-state index in [0.29, 0.717) is 11.4 Å². The first-order chi connectivity index (χ1) is 11.7. The zero-order chi connectivity index (χ0) is 17.1. The maximum atomic E-state index is 14.1. The van der Waals surface area contributed by atoms with Crippen LogP contribution in [-0.2, 0) is 6.54 Å². The van der Waals surface area contributed by atoms with Gasteiger partial charge in [0.1, 0.15) is 11.6 Å². The lowest BCUT2D eigenvalue weighted by Crippen LogP contribution is -2.04. The number of ether oxygens (including phenoxy) is 1. The molecule has 0 aliphatic heterocycles. The Labute approximate surface area is 145 Å². The number of rotatable bonds is 6. The SMILES string of the molecule is CNCc1cn(SC)c2cc(Nc3ccc(OC)cc3F)ccc12. The van der Waals surface area contributed by atoms with Gasteiger partial charge in [0.2, 0.25) is 0 Å². The van der Waals surface area contributed by atoms with E-state index in [-0.39, 0.29) is 5.82 Å². The first kappa shape index (κ1) is 16.7. The van der Waals surface area contributed by atoms with Gasteiger partial charge in [-0.05, 0) is 48.8 Å². The van der Waals surface area contributed by atoms with E-state index in [4.69, 9.17) is 4.74 Å². The summed E-state index contributed by atoms with van der Waals surface area (Å²) in [6, 6.07) is 10.9. The molecule has 0 radical (unpaired) electrons. The number of methoxy groups -OCH3 is 1. The maximum absolute atomic E-state index is 14.1. The van der Waals surface area contributed by atoms with E-state index in [9.17, 15) is 4.39 Å². The summed E-state index contributed by atoms with van der Waals surface area (Å²) < 4.78 is 21.3. The summed E-state index contributed by atoms with van der Waals surface area (Å²) in [5.74, 6) is 0.159. The fourth-order valence-electron chi connectivity index (χ4n) is 2.71. The predicted molar refractivity (Wildman–Crippen MR) is 99.8 cm³/mol. The minimum absolute atomic E-state index is 0.342. The van der Waals surface area contributed by atoms with Gasteiger partial charge in [-0.3, -0.25) is 3.97 Å². The Morgan fingerprint density at radius 2 is 2.04 bits per heavy atom. The second-order valence-corrected chi connectivity index (χ2v) is 6.15. The number of anilines is 2. The molecule has 1 aromatic heterocycles. The second-order valence-electron chi connectivity index (χ2n) is 5.40. The van der Waals surface area contributed by atoms with Crippen LogP contribution in [0.2, 0.25) is 0 Å². The molecule has 4 nitrogen and oxygen atoms in total. The number of benzene rings is 2. The molecule has 0 fully saturated rings. The Bertz CT molecular complexity index is 863. The summed E-state index contributed by atoms with van der Waals surface area (Å²) >= 11 is 1.64. The van der Waals surface area contributed by atoms with Crippen LogP contribution in [0, 0.1) is 5.82 Å². The number of fused-ring (bicyclic) bond motifs is 1. The number of nitrogens with one attached hydrogen (secondary N) is 2. The highest BCUT2D eigenvalue weighted by Crippen LogP contribution is 2.30. The van der Waals surface area contributed by atoms with Gasteiger partial charge in [-0.2, -0.15) is 0 Å². The van der Waals surface area contributed by atoms with Gasteiger partial charge in [0.05, 0.1) is 18.3 Å². The molecule has 0 unspecified atom stereocenters. The van der Waals surface area contributed by atoms with Gasteiger partial charge >= 0.3 is 0 Å². The van der Waals surface area contributed by atoms with E-state index in [0.717, 1.165) is 17.7 Å². The van der Waals surface area contributed by atoms with Crippen molar-refractivity contribution in [1.82, 2.24) is 9.29 Å². The van der Waals surface area contributed by atoms with Crippen molar-refractivity contribution in [2.24, 2.45) is 0 Å². The Kier molecular flexibility index (Phi) is 4.97. The monoisotopic (exact) mass is 345 g/mol. The van der Waals surface area contributed by atoms with Crippen LogP contribution in [0.3, 0.4) is 0 Å². The smallest absolute Gasteiger partial charge is 0.150 e. The van der Waals surface area contributed by atoms with Crippen LogP contribution in [0.25, 0.3) is 10.9 Å². The van der Waals surface area contributed by atoms with Crippen LogP contribution in [0.1, 0.15) is 5.56 Å². The number of hydrogen-bond donors (Lipinski definition) is 2. The molecule has 6 heteroatoms. The van der Waals surface area contributed by atoms with Gasteiger partial charge in [0.25, 0.3) is 0 Å².